The van der Waals surface area contributed by atoms with E-state index in [0.29, 0.717) is 51.9 Å². The first-order valence-electron chi connectivity index (χ1n) is 15.6. The van der Waals surface area contributed by atoms with Crippen molar-refractivity contribution in [3.05, 3.63) is 98.8 Å². The van der Waals surface area contributed by atoms with Crippen LogP contribution in [0, 0.1) is 0 Å². The normalized spacial score (nSPS) is 20.8. The van der Waals surface area contributed by atoms with Crippen LogP contribution in [0.3, 0.4) is 0 Å². The number of sulfonamides is 1. The molecule has 1 aliphatic heterocycles. The minimum Gasteiger partial charge on any atom is -0.459 e. The highest BCUT2D eigenvalue weighted by molar-refractivity contribution is 7.88. The minimum absolute atomic E-state index is 0.0683. The lowest BCUT2D eigenvalue weighted by Gasteiger charge is -2.49. The van der Waals surface area contributed by atoms with E-state index in [1.165, 1.54) is 19.9 Å². The highest BCUT2D eigenvalue weighted by Crippen LogP contribution is 2.48. The number of hydroxylamine groups is 2. The van der Waals surface area contributed by atoms with Crippen molar-refractivity contribution in [3.8, 4) is 0 Å². The molecular formula is C34H36Cl2N4O8S. The van der Waals surface area contributed by atoms with Gasteiger partial charge in [0, 0.05) is 41.5 Å². The van der Waals surface area contributed by atoms with Gasteiger partial charge in [0.1, 0.15) is 13.2 Å². The first kappa shape index (κ1) is 36.4. The number of halogens is 2. The van der Waals surface area contributed by atoms with Gasteiger partial charge >= 0.3 is 5.97 Å². The molecule has 1 aliphatic carbocycles. The van der Waals surface area contributed by atoms with E-state index in [-0.39, 0.29) is 23.8 Å². The SMILES string of the molecule is CC(=O)OCc1cccc(CON(C(C)=O)C(=O)[C@@H]2c3ccccc3C(=O)N([C@H]3CCCC[C@@H]3NS(C)(=O)=O)[C@H]2c2ccc(Cl)cc2Cl)n1. The van der Waals surface area contributed by atoms with Gasteiger partial charge in [-0.1, -0.05) is 66.4 Å². The van der Waals surface area contributed by atoms with E-state index in [0.717, 1.165) is 12.7 Å². The summed E-state index contributed by atoms with van der Waals surface area (Å²) in [4.78, 5) is 65.4. The van der Waals surface area contributed by atoms with Crippen LogP contribution >= 0.6 is 23.2 Å². The van der Waals surface area contributed by atoms with E-state index in [9.17, 15) is 27.6 Å². The van der Waals surface area contributed by atoms with Gasteiger partial charge in [-0.2, -0.15) is 5.06 Å². The summed E-state index contributed by atoms with van der Waals surface area (Å²) in [6.45, 7) is 2.10. The number of esters is 1. The Labute approximate surface area is 294 Å². The number of carbonyl (C=O) groups is 4. The maximum absolute atomic E-state index is 14.8. The van der Waals surface area contributed by atoms with Crippen molar-refractivity contribution >= 4 is 56.9 Å². The lowest BCUT2D eigenvalue weighted by atomic mass is 9.76. The number of carbonyl (C=O) groups excluding carboxylic acids is 4. The van der Waals surface area contributed by atoms with Crippen LogP contribution in [-0.2, 0) is 47.2 Å². The summed E-state index contributed by atoms with van der Waals surface area (Å²) in [6.07, 6.45) is 3.43. The number of hydrogen-bond donors (Lipinski definition) is 1. The van der Waals surface area contributed by atoms with E-state index >= 15 is 0 Å². The molecule has 12 nitrogen and oxygen atoms in total. The van der Waals surface area contributed by atoms with Gasteiger partial charge in [-0.25, -0.2) is 13.1 Å². The second-order valence-corrected chi connectivity index (χ2v) is 14.7. The lowest BCUT2D eigenvalue weighted by Crippen LogP contribution is -2.59. The van der Waals surface area contributed by atoms with E-state index < -0.39 is 57.8 Å². The Bertz CT molecular complexity index is 1870. The number of nitrogens with zero attached hydrogens (tertiary/aromatic N) is 3. The molecule has 3 aromatic rings. The molecule has 15 heteroatoms. The molecule has 0 spiro atoms. The van der Waals surface area contributed by atoms with Gasteiger partial charge in [0.05, 0.1) is 29.6 Å². The Hall–Kier alpha value is -3.88. The number of amides is 3. The number of aromatic nitrogens is 1. The van der Waals surface area contributed by atoms with Crippen molar-refractivity contribution in [3.63, 3.8) is 0 Å². The van der Waals surface area contributed by atoms with Crippen LogP contribution in [0.25, 0.3) is 0 Å². The molecule has 0 radical (unpaired) electrons. The van der Waals surface area contributed by atoms with Gasteiger partial charge in [0.15, 0.2) is 0 Å². The Balaban J connectivity index is 1.60. The summed E-state index contributed by atoms with van der Waals surface area (Å²) >= 11 is 13.1. The summed E-state index contributed by atoms with van der Waals surface area (Å²) in [7, 11) is -3.67. The molecule has 1 N–H and O–H groups in total. The maximum Gasteiger partial charge on any atom is 0.303 e. The van der Waals surface area contributed by atoms with Crippen molar-refractivity contribution in [1.82, 2.24) is 19.7 Å². The summed E-state index contributed by atoms with van der Waals surface area (Å²) in [5, 5.41) is 1.16. The van der Waals surface area contributed by atoms with E-state index in [2.05, 4.69) is 9.71 Å². The average Bonchev–Trinajstić information content (AvgIpc) is 3.04. The third-order valence-electron chi connectivity index (χ3n) is 8.49. The maximum atomic E-state index is 14.8. The molecule has 260 valence electrons. The Morgan fingerprint density at radius 2 is 1.65 bits per heavy atom. The number of hydrogen-bond acceptors (Lipinski definition) is 9. The highest BCUT2D eigenvalue weighted by Gasteiger charge is 2.51. The fourth-order valence-corrected chi connectivity index (χ4v) is 7.89. The zero-order valence-corrected chi connectivity index (χ0v) is 29.4. The van der Waals surface area contributed by atoms with Crippen molar-refractivity contribution in [2.75, 3.05) is 6.26 Å². The molecule has 0 saturated heterocycles. The smallest absolute Gasteiger partial charge is 0.303 e. The van der Waals surface area contributed by atoms with Crippen LogP contribution in [0.15, 0.2) is 60.7 Å². The van der Waals surface area contributed by atoms with Crippen molar-refractivity contribution in [2.24, 2.45) is 0 Å². The monoisotopic (exact) mass is 730 g/mol. The molecule has 1 fully saturated rings. The van der Waals surface area contributed by atoms with Crippen LogP contribution < -0.4 is 4.72 Å². The Morgan fingerprint density at radius 3 is 2.33 bits per heavy atom. The molecule has 49 heavy (non-hydrogen) atoms. The molecule has 2 aromatic carbocycles. The lowest BCUT2D eigenvalue weighted by molar-refractivity contribution is -0.200. The zero-order valence-electron chi connectivity index (χ0n) is 27.1. The van der Waals surface area contributed by atoms with Gasteiger partial charge in [-0.15, -0.1) is 0 Å². The number of fused-ring (bicyclic) bond motifs is 1. The first-order chi connectivity index (χ1) is 23.2. The predicted octanol–water partition coefficient (Wildman–Crippen LogP) is 5.10. The second-order valence-electron chi connectivity index (χ2n) is 12.1. The third kappa shape index (κ3) is 8.47. The molecule has 1 aromatic heterocycles. The molecule has 0 unspecified atom stereocenters. The highest BCUT2D eigenvalue weighted by atomic mass is 35.5. The van der Waals surface area contributed by atoms with Crippen molar-refractivity contribution < 1.29 is 37.2 Å². The molecule has 0 bridgehead atoms. The number of rotatable bonds is 10. The van der Waals surface area contributed by atoms with Gasteiger partial charge in [0.2, 0.25) is 15.9 Å². The fourth-order valence-electron chi connectivity index (χ4n) is 6.54. The number of benzene rings is 2. The summed E-state index contributed by atoms with van der Waals surface area (Å²) in [5.74, 6) is -3.59. The summed E-state index contributed by atoms with van der Waals surface area (Å²) < 4.78 is 32.7. The van der Waals surface area contributed by atoms with E-state index in [4.69, 9.17) is 32.8 Å². The quantitative estimate of drug-likeness (QED) is 0.222. The van der Waals surface area contributed by atoms with Gasteiger partial charge in [0.25, 0.3) is 11.8 Å². The largest absolute Gasteiger partial charge is 0.459 e. The average molecular weight is 732 g/mol. The van der Waals surface area contributed by atoms with Crippen LogP contribution in [0.2, 0.25) is 10.0 Å². The third-order valence-corrected chi connectivity index (χ3v) is 9.78. The minimum atomic E-state index is -3.67. The standard InChI is InChI=1S/C34H36Cl2N4O8S/c1-20(41)40(48-19-24-10-8-9-23(37-24)18-47-21(2)42)34(44)31-25-11-4-5-12-26(25)33(43)39(32(31)27-16-15-22(35)17-28(27)36)30-14-7-6-13-29(30)38-49(3,45)46/h4-5,8-12,15-17,29-32,38H,6-7,13-14,18-19H2,1-3H3/t29-,30-,31+,32-/m0/s1. The topological polar surface area (TPSA) is 152 Å². The van der Waals surface area contributed by atoms with Gasteiger partial charge in [-0.05, 0) is 54.3 Å². The zero-order chi connectivity index (χ0) is 35.5. The van der Waals surface area contributed by atoms with Crippen LogP contribution in [0.5, 0.6) is 0 Å². The Kier molecular flexibility index (Phi) is 11.4. The molecule has 3 amide bonds. The molecular weight excluding hydrogens is 695 g/mol. The van der Waals surface area contributed by atoms with Crippen molar-refractivity contribution in [1.29, 1.82) is 0 Å². The van der Waals surface area contributed by atoms with Crippen molar-refractivity contribution in [2.45, 2.75) is 76.8 Å². The molecule has 2 heterocycles. The first-order valence-corrected chi connectivity index (χ1v) is 18.3. The van der Waals surface area contributed by atoms with Crippen LogP contribution in [0.4, 0.5) is 0 Å². The molecule has 4 atom stereocenters. The van der Waals surface area contributed by atoms with Gasteiger partial charge in [-0.3, -0.25) is 29.0 Å². The Morgan fingerprint density at radius 1 is 0.959 bits per heavy atom. The van der Waals surface area contributed by atoms with E-state index in [1.807, 2.05) is 0 Å². The fraction of sp³-hybridized carbons (Fsp3) is 0.382. The predicted molar refractivity (Wildman–Crippen MR) is 181 cm³/mol. The van der Waals surface area contributed by atoms with E-state index in [1.54, 1.807) is 59.5 Å². The molecule has 5 rings (SSSR count). The van der Waals surface area contributed by atoms with Crippen LogP contribution in [0.1, 0.15) is 84.4 Å². The number of nitrogens with one attached hydrogen (secondary N) is 1. The summed E-state index contributed by atoms with van der Waals surface area (Å²) in [6, 6.07) is 13.9. The van der Waals surface area contributed by atoms with Crippen LogP contribution in [-0.4, -0.2) is 65.4 Å². The summed E-state index contributed by atoms with van der Waals surface area (Å²) in [5.41, 5.74) is 1.77. The number of ether oxygens (including phenoxy) is 1. The number of imide groups is 1. The molecule has 2 aliphatic rings. The second kappa shape index (κ2) is 15.3. The molecule has 1 saturated carbocycles. The number of pyridine rings is 1. The van der Waals surface area contributed by atoms with Gasteiger partial charge < -0.3 is 9.64 Å².